The Hall–Kier alpha value is -1.64. The number of aryl methyl sites for hydroxylation is 1. The summed E-state index contributed by atoms with van der Waals surface area (Å²) in [4.78, 5) is 2.14. The van der Waals surface area contributed by atoms with Crippen LogP contribution in [0, 0.1) is 6.92 Å². The summed E-state index contributed by atoms with van der Waals surface area (Å²) in [5.74, 6) is 1.09. The van der Waals surface area contributed by atoms with Crippen molar-refractivity contribution in [1.29, 1.82) is 0 Å². The predicted octanol–water partition coefficient (Wildman–Crippen LogP) is 0.771. The quantitative estimate of drug-likeness (QED) is 0.669. The summed E-state index contributed by atoms with van der Waals surface area (Å²) in [6, 6.07) is 14.5. The van der Waals surface area contributed by atoms with Crippen LogP contribution in [-0.4, -0.2) is 40.3 Å². The van der Waals surface area contributed by atoms with Crippen LogP contribution in [0.25, 0.3) is 0 Å². The Kier molecular flexibility index (Phi) is 6.31. The zero-order chi connectivity index (χ0) is 19.0. The summed E-state index contributed by atoms with van der Waals surface area (Å²) >= 11 is 1.74. The molecule has 0 spiro atoms. The minimum atomic E-state index is -2.86. The molecule has 0 aromatic heterocycles. The molecular formula is C20H21BrF2N2O2S. The van der Waals surface area contributed by atoms with Gasteiger partial charge >= 0.3 is 11.8 Å². The van der Waals surface area contributed by atoms with Gasteiger partial charge in [-0.05, 0) is 67.1 Å². The van der Waals surface area contributed by atoms with Crippen molar-refractivity contribution in [3.63, 3.8) is 0 Å². The topological polar surface area (TPSA) is 35.7 Å². The highest BCUT2D eigenvalue weighted by Crippen LogP contribution is 2.38. The number of aliphatic hydroxyl groups is 1. The van der Waals surface area contributed by atoms with Crippen LogP contribution >= 0.6 is 11.8 Å². The van der Waals surface area contributed by atoms with Crippen LogP contribution in [-0.2, 0) is 5.72 Å². The van der Waals surface area contributed by atoms with E-state index in [0.717, 1.165) is 35.1 Å². The number of ether oxygens (including phenoxy) is 1. The molecule has 0 radical (unpaired) electrons. The maximum Gasteiger partial charge on any atom is 0.387 e. The normalized spacial score (nSPS) is 21.5. The maximum absolute atomic E-state index is 12.4. The summed E-state index contributed by atoms with van der Waals surface area (Å²) in [5, 5.41) is 12.6. The minimum absolute atomic E-state index is 0. The highest BCUT2D eigenvalue weighted by Gasteiger charge is 2.53. The van der Waals surface area contributed by atoms with E-state index >= 15 is 0 Å². The summed E-state index contributed by atoms with van der Waals surface area (Å²) in [6.45, 7) is 0.314. The van der Waals surface area contributed by atoms with Gasteiger partial charge in [-0.1, -0.05) is 12.1 Å². The lowest BCUT2D eigenvalue weighted by molar-refractivity contribution is -0.656. The first-order chi connectivity index (χ1) is 13.0. The number of rotatable bonds is 4. The van der Waals surface area contributed by atoms with Gasteiger partial charge in [-0.2, -0.15) is 8.78 Å². The zero-order valence-corrected chi connectivity index (χ0v) is 17.7. The molecule has 1 unspecified atom stereocenters. The molecule has 0 bridgehead atoms. The molecule has 0 saturated heterocycles. The lowest BCUT2D eigenvalue weighted by atomic mass is 10.0. The summed E-state index contributed by atoms with van der Waals surface area (Å²) in [6.07, 6.45) is 0.977. The summed E-state index contributed by atoms with van der Waals surface area (Å²) in [5.41, 5.74) is 1.65. The number of nitrogens with zero attached hydrogens (tertiary/aromatic N) is 2. The van der Waals surface area contributed by atoms with E-state index in [1.165, 1.54) is 12.1 Å². The average molecular weight is 471 g/mol. The van der Waals surface area contributed by atoms with Crippen molar-refractivity contribution in [2.75, 3.05) is 23.7 Å². The third-order valence-electron chi connectivity index (χ3n) is 4.90. The average Bonchev–Trinajstić information content (AvgIpc) is 2.96. The highest BCUT2D eigenvalue weighted by molar-refractivity contribution is 8.13. The van der Waals surface area contributed by atoms with E-state index in [9.17, 15) is 13.9 Å². The number of amidine groups is 1. The Morgan fingerprint density at radius 1 is 1.21 bits per heavy atom. The van der Waals surface area contributed by atoms with Crippen molar-refractivity contribution in [3.05, 3.63) is 59.7 Å². The van der Waals surface area contributed by atoms with Crippen LogP contribution in [0.2, 0.25) is 0 Å². The summed E-state index contributed by atoms with van der Waals surface area (Å²) in [7, 11) is 0. The molecule has 2 aromatic rings. The zero-order valence-electron chi connectivity index (χ0n) is 15.3. The second kappa shape index (κ2) is 8.39. The van der Waals surface area contributed by atoms with Crippen LogP contribution in [0.1, 0.15) is 17.5 Å². The lowest BCUT2D eigenvalue weighted by Gasteiger charge is -2.24. The van der Waals surface area contributed by atoms with Crippen LogP contribution in [0.15, 0.2) is 48.5 Å². The van der Waals surface area contributed by atoms with E-state index in [0.29, 0.717) is 12.1 Å². The van der Waals surface area contributed by atoms with Gasteiger partial charge in [0.05, 0.1) is 6.54 Å². The van der Waals surface area contributed by atoms with Gasteiger partial charge in [0, 0.05) is 11.3 Å². The molecule has 0 aliphatic carbocycles. The van der Waals surface area contributed by atoms with Gasteiger partial charge in [-0.3, -0.25) is 0 Å². The van der Waals surface area contributed by atoms with Gasteiger partial charge in [0.15, 0.2) is 6.54 Å². The first-order valence-corrected chi connectivity index (χ1v) is 9.85. The van der Waals surface area contributed by atoms with Crippen molar-refractivity contribution in [2.45, 2.75) is 25.7 Å². The summed E-state index contributed by atoms with van der Waals surface area (Å²) < 4.78 is 31.2. The minimum Gasteiger partial charge on any atom is -1.00 e. The van der Waals surface area contributed by atoms with Crippen molar-refractivity contribution >= 4 is 22.6 Å². The largest absolute Gasteiger partial charge is 1.00 e. The molecule has 4 rings (SSSR count). The van der Waals surface area contributed by atoms with Gasteiger partial charge < -0.3 is 26.8 Å². The Labute approximate surface area is 177 Å². The van der Waals surface area contributed by atoms with E-state index in [2.05, 4.69) is 15.7 Å². The van der Waals surface area contributed by atoms with E-state index in [4.69, 9.17) is 0 Å². The van der Waals surface area contributed by atoms with E-state index in [1.54, 1.807) is 23.9 Å². The van der Waals surface area contributed by atoms with E-state index in [-0.39, 0.29) is 22.7 Å². The number of thioether (sulfide) groups is 1. The second-order valence-electron chi connectivity index (χ2n) is 6.78. The van der Waals surface area contributed by atoms with Crippen molar-refractivity contribution in [1.82, 2.24) is 0 Å². The molecule has 2 heterocycles. The number of alkyl halides is 2. The number of anilines is 1. The third kappa shape index (κ3) is 3.90. The fraction of sp³-hybridized carbons (Fsp3) is 0.350. The van der Waals surface area contributed by atoms with E-state index in [1.807, 2.05) is 29.7 Å². The molecule has 0 amide bonds. The van der Waals surface area contributed by atoms with Gasteiger partial charge in [-0.15, -0.1) is 0 Å². The third-order valence-corrected chi connectivity index (χ3v) is 6.09. The molecule has 28 heavy (non-hydrogen) atoms. The Balaban J connectivity index is 0.00000225. The molecule has 1 atom stereocenters. The standard InChI is InChI=1S/C20H21F2N2O2S.BrH/c1-14-4-2-5-16(12-14)23-13-20(25,24-10-3-11-27-19(23)24)15-6-8-17(9-7-15)26-18(21)22;/h2,4-9,12,18,25H,3,10-11,13H2,1H3;1H/q+1;/p-1. The molecule has 0 saturated carbocycles. The number of hydrogen-bond acceptors (Lipinski definition) is 4. The SMILES string of the molecule is Cc1cccc(N2CC(O)(c3ccc(OC(F)F)cc3)[N+]3=C2SCCC3)c1.[Br-]. The molecular weight excluding hydrogens is 450 g/mol. The molecule has 2 aliphatic heterocycles. The maximum atomic E-state index is 12.4. The predicted molar refractivity (Wildman–Crippen MR) is 103 cm³/mol. The molecule has 1 N–H and O–H groups in total. The van der Waals surface area contributed by atoms with Crippen molar-refractivity contribution < 1.29 is 40.2 Å². The second-order valence-corrected chi connectivity index (χ2v) is 7.84. The smallest absolute Gasteiger partial charge is 0.387 e. The van der Waals surface area contributed by atoms with Crippen molar-refractivity contribution in [3.8, 4) is 5.75 Å². The van der Waals surface area contributed by atoms with Crippen LogP contribution in [0.5, 0.6) is 5.75 Å². The molecule has 150 valence electrons. The fourth-order valence-electron chi connectivity index (χ4n) is 3.65. The fourth-order valence-corrected chi connectivity index (χ4v) is 4.83. The Morgan fingerprint density at radius 3 is 2.64 bits per heavy atom. The van der Waals surface area contributed by atoms with Crippen LogP contribution in [0.4, 0.5) is 14.5 Å². The number of halogens is 3. The number of β-amino-alcohol motifs (C(OH)–C–C–N with tert-alkyl or cyclic N) is 1. The molecule has 2 aromatic carbocycles. The van der Waals surface area contributed by atoms with E-state index < -0.39 is 12.3 Å². The van der Waals surface area contributed by atoms with Crippen molar-refractivity contribution in [2.24, 2.45) is 0 Å². The highest BCUT2D eigenvalue weighted by atomic mass is 79.9. The van der Waals surface area contributed by atoms with Gasteiger partial charge in [-0.25, -0.2) is 9.48 Å². The number of benzene rings is 2. The van der Waals surface area contributed by atoms with Crippen LogP contribution in [0.3, 0.4) is 0 Å². The monoisotopic (exact) mass is 470 g/mol. The van der Waals surface area contributed by atoms with Gasteiger partial charge in [0.2, 0.25) is 0 Å². The molecule has 2 aliphatic rings. The lowest BCUT2D eigenvalue weighted by Crippen LogP contribution is -3.00. The molecule has 0 fully saturated rings. The van der Waals surface area contributed by atoms with Crippen LogP contribution < -0.4 is 26.6 Å². The van der Waals surface area contributed by atoms with Gasteiger partial charge in [0.1, 0.15) is 11.4 Å². The van der Waals surface area contributed by atoms with Gasteiger partial charge in [0.25, 0.3) is 5.72 Å². The Morgan fingerprint density at radius 2 is 1.96 bits per heavy atom. The molecule has 8 heteroatoms. The Bertz CT molecular complexity index is 879. The molecule has 4 nitrogen and oxygen atoms in total. The first kappa shape index (κ1) is 21.1. The number of hydrogen-bond donors (Lipinski definition) is 1. The first-order valence-electron chi connectivity index (χ1n) is 8.87.